The van der Waals surface area contributed by atoms with Crippen LogP contribution in [0, 0.1) is 13.8 Å². The van der Waals surface area contributed by atoms with E-state index < -0.39 is 5.91 Å². The zero-order chi connectivity index (χ0) is 20.7. The minimum atomic E-state index is -0.708. The summed E-state index contributed by atoms with van der Waals surface area (Å²) in [5.41, 5.74) is 9.50. The lowest BCUT2D eigenvalue weighted by Crippen LogP contribution is -2.24. The van der Waals surface area contributed by atoms with Crippen molar-refractivity contribution in [2.24, 2.45) is 5.73 Å². The zero-order valence-corrected chi connectivity index (χ0v) is 16.7. The van der Waals surface area contributed by atoms with Crippen molar-refractivity contribution in [2.45, 2.75) is 20.4 Å². The summed E-state index contributed by atoms with van der Waals surface area (Å²) < 4.78 is 1.68. The number of primary amides is 1. The minimum Gasteiger partial charge on any atom is -0.507 e. The first kappa shape index (κ1) is 18.8. The van der Waals surface area contributed by atoms with E-state index in [-0.39, 0.29) is 16.9 Å². The number of carbonyl (C=O) groups excluding carboxylic acids is 1. The Balaban J connectivity index is 1.75. The number of phenols is 1. The van der Waals surface area contributed by atoms with E-state index in [4.69, 9.17) is 5.73 Å². The van der Waals surface area contributed by atoms with E-state index in [2.05, 4.69) is 9.97 Å². The van der Waals surface area contributed by atoms with Crippen molar-refractivity contribution in [3.63, 3.8) is 0 Å². The Morgan fingerprint density at radius 1 is 1.17 bits per heavy atom. The van der Waals surface area contributed by atoms with Gasteiger partial charge in [0.15, 0.2) is 0 Å². The van der Waals surface area contributed by atoms with Crippen LogP contribution in [0.1, 0.15) is 26.6 Å². The number of nitrogens with zero attached hydrogens (tertiary/aromatic N) is 3. The maximum absolute atomic E-state index is 12.7. The van der Waals surface area contributed by atoms with E-state index in [0.717, 1.165) is 21.6 Å². The first-order valence-electron chi connectivity index (χ1n) is 8.89. The number of fused-ring (bicyclic) bond motifs is 1. The van der Waals surface area contributed by atoms with Crippen molar-refractivity contribution in [1.82, 2.24) is 14.5 Å². The van der Waals surface area contributed by atoms with Crippen LogP contribution in [-0.2, 0) is 6.54 Å². The Labute approximate surface area is 170 Å². The highest BCUT2D eigenvalue weighted by atomic mass is 32.1. The van der Waals surface area contributed by atoms with Crippen LogP contribution in [0.4, 0.5) is 0 Å². The van der Waals surface area contributed by atoms with E-state index in [1.807, 2.05) is 30.5 Å². The maximum Gasteiger partial charge on any atom is 0.272 e. The molecule has 0 saturated heterocycles. The van der Waals surface area contributed by atoms with E-state index >= 15 is 0 Å². The molecule has 0 fully saturated rings. The fourth-order valence-corrected chi connectivity index (χ4v) is 3.97. The van der Waals surface area contributed by atoms with Gasteiger partial charge in [0.25, 0.3) is 11.5 Å². The van der Waals surface area contributed by atoms with Gasteiger partial charge in [0, 0.05) is 10.9 Å². The van der Waals surface area contributed by atoms with Gasteiger partial charge in [-0.1, -0.05) is 6.07 Å². The van der Waals surface area contributed by atoms with Crippen molar-refractivity contribution in [3.8, 4) is 17.0 Å². The molecular weight excluding hydrogens is 388 g/mol. The van der Waals surface area contributed by atoms with Crippen LogP contribution in [0.5, 0.6) is 5.75 Å². The van der Waals surface area contributed by atoms with Gasteiger partial charge in [-0.2, -0.15) is 0 Å². The number of aryl methyl sites for hydroxylation is 2. The summed E-state index contributed by atoms with van der Waals surface area (Å²) in [5, 5.41) is 12.4. The van der Waals surface area contributed by atoms with Crippen molar-refractivity contribution in [2.75, 3.05) is 0 Å². The number of hydrogen-bond donors (Lipinski definition) is 2. The van der Waals surface area contributed by atoms with Crippen LogP contribution in [0.15, 0.2) is 46.6 Å². The molecule has 0 spiro atoms. The van der Waals surface area contributed by atoms with Crippen LogP contribution in [0.3, 0.4) is 0 Å². The van der Waals surface area contributed by atoms with Gasteiger partial charge in [-0.3, -0.25) is 14.2 Å². The summed E-state index contributed by atoms with van der Waals surface area (Å²) >= 11 is 1.42. The summed E-state index contributed by atoms with van der Waals surface area (Å²) in [4.78, 5) is 33.2. The van der Waals surface area contributed by atoms with Crippen molar-refractivity contribution < 1.29 is 9.90 Å². The topological polar surface area (TPSA) is 111 Å². The molecule has 3 N–H and O–H groups in total. The molecule has 8 heteroatoms. The van der Waals surface area contributed by atoms with Gasteiger partial charge in [-0.05, 0) is 49.7 Å². The lowest BCUT2D eigenvalue weighted by atomic mass is 10.1. The molecule has 2 heterocycles. The third-order valence-corrected chi connectivity index (χ3v) is 5.50. The van der Waals surface area contributed by atoms with Gasteiger partial charge >= 0.3 is 0 Å². The third kappa shape index (κ3) is 3.50. The summed E-state index contributed by atoms with van der Waals surface area (Å²) in [6.07, 6.45) is 0. The lowest BCUT2D eigenvalue weighted by molar-refractivity contribution is 0.0998. The van der Waals surface area contributed by atoms with Crippen LogP contribution in [0.25, 0.3) is 22.3 Å². The smallest absolute Gasteiger partial charge is 0.272 e. The Hall–Kier alpha value is -3.52. The Kier molecular flexibility index (Phi) is 4.63. The molecule has 146 valence electrons. The fraction of sp³-hybridized carbons (Fsp3) is 0.143. The number of rotatable bonds is 4. The average molecular weight is 406 g/mol. The monoisotopic (exact) mass is 406 g/mol. The Morgan fingerprint density at radius 2 is 1.97 bits per heavy atom. The quantitative estimate of drug-likeness (QED) is 0.541. The molecule has 4 rings (SSSR count). The minimum absolute atomic E-state index is 0.0412. The summed E-state index contributed by atoms with van der Waals surface area (Å²) in [7, 11) is 0. The zero-order valence-electron chi connectivity index (χ0n) is 15.8. The van der Waals surface area contributed by atoms with Gasteiger partial charge < -0.3 is 10.8 Å². The number of hydrogen-bond acceptors (Lipinski definition) is 6. The van der Waals surface area contributed by atoms with Crippen LogP contribution in [-0.4, -0.2) is 25.5 Å². The molecule has 2 aromatic heterocycles. The number of aromatic hydroxyl groups is 1. The standard InChI is InChI=1S/C21H18N4O3S/c1-11-3-5-15-17(7-11)25(21(28)12(2)23-15)9-19-24-16(10-29-19)13-4-6-18(26)14(8-13)20(22)27/h3-8,10,26H,9H2,1-2H3,(H2,22,27). The first-order chi connectivity index (χ1) is 13.8. The number of amides is 1. The number of nitrogens with two attached hydrogens (primary N) is 1. The summed E-state index contributed by atoms with van der Waals surface area (Å²) in [5.74, 6) is -0.877. The molecule has 2 aromatic carbocycles. The van der Waals surface area contributed by atoms with Gasteiger partial charge in [0.05, 0.1) is 28.8 Å². The highest BCUT2D eigenvalue weighted by Crippen LogP contribution is 2.27. The average Bonchev–Trinajstić information content (AvgIpc) is 3.15. The van der Waals surface area contributed by atoms with E-state index in [0.29, 0.717) is 23.5 Å². The number of aromatic nitrogens is 3. The first-order valence-corrected chi connectivity index (χ1v) is 9.77. The van der Waals surface area contributed by atoms with Crippen molar-refractivity contribution in [1.29, 1.82) is 0 Å². The second-order valence-electron chi connectivity index (χ2n) is 6.80. The number of benzene rings is 2. The molecule has 0 bridgehead atoms. The normalized spacial score (nSPS) is 11.1. The van der Waals surface area contributed by atoms with Crippen LogP contribution >= 0.6 is 11.3 Å². The van der Waals surface area contributed by atoms with E-state index in [1.165, 1.54) is 23.5 Å². The van der Waals surface area contributed by atoms with Crippen LogP contribution < -0.4 is 11.3 Å². The second-order valence-corrected chi connectivity index (χ2v) is 7.75. The molecule has 7 nitrogen and oxygen atoms in total. The molecule has 0 unspecified atom stereocenters. The Morgan fingerprint density at radius 3 is 2.72 bits per heavy atom. The Bertz CT molecular complexity index is 1320. The third-order valence-electron chi connectivity index (χ3n) is 4.67. The fourth-order valence-electron chi connectivity index (χ4n) is 3.18. The number of carbonyl (C=O) groups is 1. The van der Waals surface area contributed by atoms with Gasteiger partial charge in [0.1, 0.15) is 16.5 Å². The molecule has 0 radical (unpaired) electrons. The van der Waals surface area contributed by atoms with Crippen molar-refractivity contribution >= 4 is 28.3 Å². The molecular formula is C21H18N4O3S. The second kappa shape index (κ2) is 7.14. The van der Waals surface area contributed by atoms with Gasteiger partial charge in [-0.15, -0.1) is 11.3 Å². The van der Waals surface area contributed by atoms with E-state index in [9.17, 15) is 14.7 Å². The lowest BCUT2D eigenvalue weighted by Gasteiger charge is -2.10. The predicted octanol–water partition coefficient (Wildman–Crippen LogP) is 2.99. The van der Waals surface area contributed by atoms with Gasteiger partial charge in [-0.25, -0.2) is 9.97 Å². The van der Waals surface area contributed by atoms with E-state index in [1.54, 1.807) is 17.6 Å². The van der Waals surface area contributed by atoms with Crippen molar-refractivity contribution in [3.05, 3.63) is 74.0 Å². The SMILES string of the molecule is Cc1ccc2nc(C)c(=O)n(Cc3nc(-c4ccc(O)c(C(N)=O)c4)cs3)c2c1. The molecule has 4 aromatic rings. The highest BCUT2D eigenvalue weighted by Gasteiger charge is 2.14. The predicted molar refractivity (Wildman–Crippen MR) is 112 cm³/mol. The highest BCUT2D eigenvalue weighted by molar-refractivity contribution is 7.09. The maximum atomic E-state index is 12.7. The van der Waals surface area contributed by atoms with Gasteiger partial charge in [0.2, 0.25) is 0 Å². The molecule has 0 saturated carbocycles. The number of thiazole rings is 1. The molecule has 0 aliphatic rings. The largest absolute Gasteiger partial charge is 0.507 e. The molecule has 0 aliphatic carbocycles. The summed E-state index contributed by atoms with van der Waals surface area (Å²) in [6.45, 7) is 3.98. The summed E-state index contributed by atoms with van der Waals surface area (Å²) in [6, 6.07) is 10.4. The van der Waals surface area contributed by atoms with Crippen LogP contribution in [0.2, 0.25) is 0 Å². The molecule has 0 atom stereocenters. The molecule has 0 aliphatic heterocycles. The molecule has 1 amide bonds. The molecule has 29 heavy (non-hydrogen) atoms.